The molecule has 0 heteroatoms. The molecule has 0 radical (unpaired) electrons. The van der Waals surface area contributed by atoms with Crippen molar-refractivity contribution in [3.8, 4) is 0 Å². The molecule has 0 aromatic rings. The minimum Gasteiger partial charge on any atom is -0.103 e. The Balaban J connectivity index is 0.000000253. The molecule has 3 aliphatic carbocycles. The van der Waals surface area contributed by atoms with Crippen molar-refractivity contribution in [3.63, 3.8) is 0 Å². The van der Waals surface area contributed by atoms with E-state index in [1.54, 1.807) is 0 Å². The van der Waals surface area contributed by atoms with E-state index in [0.717, 1.165) is 17.8 Å². The predicted octanol–water partition coefficient (Wildman–Crippen LogP) is 7.42. The summed E-state index contributed by atoms with van der Waals surface area (Å²) in [5, 5.41) is 0. The van der Waals surface area contributed by atoms with Gasteiger partial charge >= 0.3 is 0 Å². The Bertz CT molecular complexity index is 395. The lowest BCUT2D eigenvalue weighted by molar-refractivity contribution is 0.553. The van der Waals surface area contributed by atoms with Crippen molar-refractivity contribution in [1.82, 2.24) is 0 Å². The zero-order chi connectivity index (χ0) is 15.5. The molecule has 0 nitrogen and oxygen atoms in total. The van der Waals surface area contributed by atoms with Gasteiger partial charge in [-0.25, -0.2) is 0 Å². The van der Waals surface area contributed by atoms with Gasteiger partial charge in [0.05, 0.1) is 0 Å². The van der Waals surface area contributed by atoms with Gasteiger partial charge in [0.1, 0.15) is 0 Å². The molecule has 0 saturated heterocycles. The molecule has 0 aliphatic heterocycles. The first-order valence-electron chi connectivity index (χ1n) is 9.14. The van der Waals surface area contributed by atoms with Crippen molar-refractivity contribution in [2.45, 2.75) is 65.2 Å². The lowest BCUT2D eigenvalue weighted by atomic mass is 9.89. The first-order valence-corrected chi connectivity index (χ1v) is 9.14. The number of rotatable bonds is 3. The Morgan fingerprint density at radius 1 is 0.609 bits per heavy atom. The molecule has 0 bridgehead atoms. The van der Waals surface area contributed by atoms with Crippen LogP contribution < -0.4 is 0 Å². The maximum atomic E-state index is 3.75. The molecule has 3 aliphatic rings. The van der Waals surface area contributed by atoms with Gasteiger partial charge in [-0.2, -0.15) is 0 Å². The van der Waals surface area contributed by atoms with Crippen molar-refractivity contribution < 1.29 is 0 Å². The highest BCUT2D eigenvalue weighted by molar-refractivity contribution is 5.03. The third-order valence-corrected chi connectivity index (χ3v) is 4.92. The molecule has 0 aromatic heterocycles. The van der Waals surface area contributed by atoms with E-state index in [4.69, 9.17) is 0 Å². The summed E-state index contributed by atoms with van der Waals surface area (Å²) in [4.78, 5) is 0. The molecular weight excluding hydrogens is 276 g/mol. The third-order valence-electron chi connectivity index (χ3n) is 4.92. The molecule has 0 amide bonds. The molecular formula is C23H36. The molecule has 0 fully saturated rings. The highest BCUT2D eigenvalue weighted by atomic mass is 14.1. The average Bonchev–Trinajstić information content (AvgIpc) is 2.63. The quantitative estimate of drug-likeness (QED) is 0.476. The van der Waals surface area contributed by atoms with Crippen molar-refractivity contribution in [1.29, 1.82) is 0 Å². The number of hydrogen-bond acceptors (Lipinski definition) is 0. The predicted molar refractivity (Wildman–Crippen MR) is 106 cm³/mol. The Morgan fingerprint density at radius 2 is 1.00 bits per heavy atom. The Kier molecular flexibility index (Phi) is 10.4. The highest BCUT2D eigenvalue weighted by Gasteiger charge is 2.09. The van der Waals surface area contributed by atoms with Crippen LogP contribution in [0.25, 0.3) is 0 Å². The second kappa shape index (κ2) is 12.2. The SMILES string of the molecule is C.C1=CCC(/C=C/C2CC=CCC2)CC1.C=CC1CC=CCC1. The summed E-state index contributed by atoms with van der Waals surface area (Å²) in [5.41, 5.74) is 0. The van der Waals surface area contributed by atoms with Gasteiger partial charge in [-0.1, -0.05) is 62.1 Å². The molecule has 0 aromatic carbocycles. The maximum absolute atomic E-state index is 3.75. The molecule has 3 atom stereocenters. The standard InChI is InChI=1S/C14H20.C8H12.CH4/c1-3-7-13(8-4-1)11-12-14-9-5-2-6-10-14;1-2-8-6-4-3-5-7-8;/h1-3,5,11-14H,4,6-10H2;2-4,8H,1,5-7H2;1H4/b12-11+;;. The van der Waals surface area contributed by atoms with Gasteiger partial charge in [-0.3, -0.25) is 0 Å². The average molecular weight is 313 g/mol. The minimum absolute atomic E-state index is 0. The van der Waals surface area contributed by atoms with Crippen LogP contribution in [0.3, 0.4) is 0 Å². The summed E-state index contributed by atoms with van der Waals surface area (Å²) >= 11 is 0. The van der Waals surface area contributed by atoms with Crippen LogP contribution in [0.5, 0.6) is 0 Å². The Hall–Kier alpha value is -1.30. The van der Waals surface area contributed by atoms with Gasteiger partial charge in [0.2, 0.25) is 0 Å². The van der Waals surface area contributed by atoms with E-state index in [1.807, 2.05) is 0 Å². The normalized spacial score (nSPS) is 29.5. The van der Waals surface area contributed by atoms with Crippen LogP contribution in [0.1, 0.15) is 65.2 Å². The van der Waals surface area contributed by atoms with Gasteiger partial charge in [-0.15, -0.1) is 6.58 Å². The van der Waals surface area contributed by atoms with Crippen molar-refractivity contribution in [3.05, 3.63) is 61.3 Å². The lowest BCUT2D eigenvalue weighted by Gasteiger charge is -2.16. The summed E-state index contributed by atoms with van der Waals surface area (Å²) in [5.74, 6) is 2.41. The second-order valence-corrected chi connectivity index (χ2v) is 6.75. The summed E-state index contributed by atoms with van der Waals surface area (Å²) < 4.78 is 0. The first kappa shape index (κ1) is 19.7. The summed E-state index contributed by atoms with van der Waals surface area (Å²) in [7, 11) is 0. The maximum Gasteiger partial charge on any atom is -0.0196 e. The fourth-order valence-electron chi connectivity index (χ4n) is 3.33. The molecule has 0 spiro atoms. The van der Waals surface area contributed by atoms with Crippen LogP contribution in [0.4, 0.5) is 0 Å². The van der Waals surface area contributed by atoms with Gasteiger partial charge < -0.3 is 0 Å². The van der Waals surface area contributed by atoms with Gasteiger partial charge in [-0.05, 0) is 75.5 Å². The van der Waals surface area contributed by atoms with Crippen LogP contribution in [-0.2, 0) is 0 Å². The van der Waals surface area contributed by atoms with Gasteiger partial charge in [0.15, 0.2) is 0 Å². The fraction of sp³-hybridized carbons (Fsp3) is 0.565. The molecule has 0 heterocycles. The van der Waals surface area contributed by atoms with Crippen LogP contribution >= 0.6 is 0 Å². The Morgan fingerprint density at radius 3 is 1.26 bits per heavy atom. The van der Waals surface area contributed by atoms with E-state index in [9.17, 15) is 0 Å². The van der Waals surface area contributed by atoms with Crippen LogP contribution in [0.2, 0.25) is 0 Å². The molecule has 3 unspecified atom stereocenters. The summed E-state index contributed by atoms with van der Waals surface area (Å²) in [6, 6.07) is 0. The zero-order valence-corrected chi connectivity index (χ0v) is 14.0. The topological polar surface area (TPSA) is 0 Å². The molecule has 3 rings (SSSR count). The van der Waals surface area contributed by atoms with Crippen LogP contribution in [-0.4, -0.2) is 0 Å². The second-order valence-electron chi connectivity index (χ2n) is 6.75. The highest BCUT2D eigenvalue weighted by Crippen LogP contribution is 2.23. The number of allylic oxidation sites excluding steroid dienone is 9. The summed E-state index contributed by atoms with van der Waals surface area (Å²) in [6.07, 6.45) is 32.3. The minimum atomic E-state index is 0. The van der Waals surface area contributed by atoms with Crippen LogP contribution in [0.15, 0.2) is 61.3 Å². The van der Waals surface area contributed by atoms with E-state index >= 15 is 0 Å². The van der Waals surface area contributed by atoms with Crippen molar-refractivity contribution >= 4 is 0 Å². The monoisotopic (exact) mass is 312 g/mol. The van der Waals surface area contributed by atoms with E-state index < -0.39 is 0 Å². The third kappa shape index (κ3) is 8.21. The fourth-order valence-corrected chi connectivity index (χ4v) is 3.33. The van der Waals surface area contributed by atoms with Crippen molar-refractivity contribution in [2.24, 2.45) is 17.8 Å². The molecule has 0 saturated carbocycles. The van der Waals surface area contributed by atoms with E-state index in [0.29, 0.717) is 0 Å². The number of hydrogen-bond donors (Lipinski definition) is 0. The molecule has 23 heavy (non-hydrogen) atoms. The largest absolute Gasteiger partial charge is 0.103 e. The summed E-state index contributed by atoms with van der Waals surface area (Å²) in [6.45, 7) is 3.75. The Labute approximate surface area is 144 Å². The van der Waals surface area contributed by atoms with Crippen molar-refractivity contribution in [2.75, 3.05) is 0 Å². The first-order chi connectivity index (χ1) is 10.9. The lowest BCUT2D eigenvalue weighted by Crippen LogP contribution is -2.02. The van der Waals surface area contributed by atoms with E-state index in [2.05, 4.69) is 61.3 Å². The van der Waals surface area contributed by atoms with E-state index in [1.165, 1.54) is 57.8 Å². The van der Waals surface area contributed by atoms with Gasteiger partial charge in [0, 0.05) is 0 Å². The van der Waals surface area contributed by atoms with Crippen LogP contribution in [0, 0.1) is 17.8 Å². The zero-order valence-electron chi connectivity index (χ0n) is 14.0. The van der Waals surface area contributed by atoms with E-state index in [-0.39, 0.29) is 7.43 Å². The van der Waals surface area contributed by atoms with Gasteiger partial charge in [0.25, 0.3) is 0 Å². The smallest absolute Gasteiger partial charge is 0.0196 e. The molecule has 0 N–H and O–H groups in total. The molecule has 128 valence electrons.